The van der Waals surface area contributed by atoms with Crippen LogP contribution in [0.1, 0.15) is 17.7 Å². The van der Waals surface area contributed by atoms with Crippen molar-refractivity contribution in [2.75, 3.05) is 6.54 Å². The van der Waals surface area contributed by atoms with Crippen LogP contribution in [0.25, 0.3) is 0 Å². The molecule has 2 heterocycles. The summed E-state index contributed by atoms with van der Waals surface area (Å²) >= 11 is 5.23. The molecule has 1 atom stereocenters. The molecule has 1 aromatic heterocycles. The van der Waals surface area contributed by atoms with E-state index >= 15 is 0 Å². The fraction of sp³-hybridized carbons (Fsp3) is 0.250. The van der Waals surface area contributed by atoms with Gasteiger partial charge < -0.3 is 19.9 Å². The Morgan fingerprint density at radius 2 is 2.05 bits per heavy atom. The molecule has 5 nitrogen and oxygen atoms in total. The average molecular weight is 315 g/mol. The molecule has 0 saturated carbocycles. The number of thiocarbonyl (C=S) groups is 1. The molecule has 1 aromatic carbocycles. The van der Waals surface area contributed by atoms with Gasteiger partial charge in [0.1, 0.15) is 11.9 Å². The first kappa shape index (κ1) is 14.6. The van der Waals surface area contributed by atoms with E-state index in [1.165, 1.54) is 0 Å². The minimum Gasteiger partial charge on any atom is -0.467 e. The third-order valence-electron chi connectivity index (χ3n) is 3.33. The van der Waals surface area contributed by atoms with E-state index in [-0.39, 0.29) is 6.10 Å². The normalized spacial score (nSPS) is 16.7. The van der Waals surface area contributed by atoms with E-state index < -0.39 is 0 Å². The molecule has 114 valence electrons. The molecule has 22 heavy (non-hydrogen) atoms. The van der Waals surface area contributed by atoms with Crippen LogP contribution in [0.2, 0.25) is 0 Å². The molecule has 0 bridgehead atoms. The van der Waals surface area contributed by atoms with E-state index in [4.69, 9.17) is 21.5 Å². The van der Waals surface area contributed by atoms with Gasteiger partial charge in [-0.2, -0.15) is 0 Å². The Kier molecular flexibility index (Phi) is 4.70. The van der Waals surface area contributed by atoms with Crippen LogP contribution in [-0.4, -0.2) is 23.5 Å². The Bertz CT molecular complexity index is 641. The van der Waals surface area contributed by atoms with Gasteiger partial charge >= 0.3 is 0 Å². The van der Waals surface area contributed by atoms with Gasteiger partial charge in [-0.3, -0.25) is 0 Å². The molecule has 1 aliphatic rings. The molecule has 6 heteroatoms. The van der Waals surface area contributed by atoms with Crippen molar-refractivity contribution in [2.24, 2.45) is 5.16 Å². The summed E-state index contributed by atoms with van der Waals surface area (Å²) in [5, 5.41) is 11.0. The lowest BCUT2D eigenvalue weighted by molar-refractivity contribution is 0.0885. The molecule has 0 unspecified atom stereocenters. The molecule has 2 N–H and O–H groups in total. The highest BCUT2D eigenvalue weighted by atomic mass is 32.1. The average Bonchev–Trinajstić information content (AvgIpc) is 3.23. The minimum absolute atomic E-state index is 0.00133. The molecule has 1 aliphatic heterocycles. The lowest BCUT2D eigenvalue weighted by atomic mass is 10.1. The molecule has 0 saturated heterocycles. The van der Waals surface area contributed by atoms with Crippen molar-refractivity contribution >= 4 is 23.0 Å². The Balaban J connectivity index is 1.39. The molecular weight excluding hydrogens is 298 g/mol. The topological polar surface area (TPSA) is 58.8 Å². The van der Waals surface area contributed by atoms with Crippen LogP contribution in [0.15, 0.2) is 58.3 Å². The molecule has 2 aromatic rings. The second-order valence-corrected chi connectivity index (χ2v) is 5.39. The van der Waals surface area contributed by atoms with Crippen molar-refractivity contribution in [1.29, 1.82) is 0 Å². The smallest absolute Gasteiger partial charge is 0.166 e. The van der Waals surface area contributed by atoms with Gasteiger partial charge in [-0.05, 0) is 29.9 Å². The lowest BCUT2D eigenvalue weighted by Crippen LogP contribution is -2.39. The van der Waals surface area contributed by atoms with Gasteiger partial charge in [-0.25, -0.2) is 0 Å². The highest BCUT2D eigenvalue weighted by Crippen LogP contribution is 2.15. The van der Waals surface area contributed by atoms with Crippen molar-refractivity contribution in [2.45, 2.75) is 19.1 Å². The summed E-state index contributed by atoms with van der Waals surface area (Å²) in [6, 6.07) is 13.8. The molecule has 0 amide bonds. The van der Waals surface area contributed by atoms with E-state index in [0.717, 1.165) is 23.5 Å². The Morgan fingerprint density at radius 3 is 2.82 bits per heavy atom. The van der Waals surface area contributed by atoms with E-state index in [9.17, 15) is 0 Å². The summed E-state index contributed by atoms with van der Waals surface area (Å²) in [5.74, 6) is 0.843. The quantitative estimate of drug-likeness (QED) is 0.830. The highest BCUT2D eigenvalue weighted by molar-refractivity contribution is 7.80. The number of hydrogen-bond acceptors (Lipinski definition) is 4. The van der Waals surface area contributed by atoms with Gasteiger partial charge in [-0.1, -0.05) is 35.5 Å². The van der Waals surface area contributed by atoms with Crippen molar-refractivity contribution < 1.29 is 9.25 Å². The summed E-state index contributed by atoms with van der Waals surface area (Å²) < 4.78 is 5.23. The fourth-order valence-electron chi connectivity index (χ4n) is 2.19. The van der Waals surface area contributed by atoms with Crippen LogP contribution in [0.3, 0.4) is 0 Å². The summed E-state index contributed by atoms with van der Waals surface area (Å²) in [6.07, 6.45) is 2.42. The van der Waals surface area contributed by atoms with Crippen LogP contribution in [0.5, 0.6) is 0 Å². The van der Waals surface area contributed by atoms with Crippen LogP contribution >= 0.6 is 12.2 Å². The Hall–Kier alpha value is -2.34. The molecule has 0 spiro atoms. The molecular formula is C16H17N3O2S. The fourth-order valence-corrected chi connectivity index (χ4v) is 2.34. The SMILES string of the molecule is S=C(NCc1ccco1)NC[C@@H]1CC(c2ccccc2)=NO1. The molecule has 0 aliphatic carbocycles. The largest absolute Gasteiger partial charge is 0.467 e. The maximum absolute atomic E-state index is 5.44. The van der Waals surface area contributed by atoms with Crippen LogP contribution < -0.4 is 10.6 Å². The van der Waals surface area contributed by atoms with Crippen LogP contribution in [0.4, 0.5) is 0 Å². The number of hydrogen-bond donors (Lipinski definition) is 2. The number of rotatable bonds is 5. The van der Waals surface area contributed by atoms with Crippen molar-refractivity contribution in [3.63, 3.8) is 0 Å². The number of benzene rings is 1. The zero-order valence-electron chi connectivity index (χ0n) is 12.0. The van der Waals surface area contributed by atoms with Gasteiger partial charge in [0.25, 0.3) is 0 Å². The molecule has 0 radical (unpaired) electrons. The Morgan fingerprint density at radius 1 is 1.18 bits per heavy atom. The van der Waals surface area contributed by atoms with Crippen molar-refractivity contribution in [3.05, 3.63) is 60.1 Å². The predicted octanol–water partition coefficient (Wildman–Crippen LogP) is 2.44. The Labute approximate surface area is 134 Å². The zero-order chi connectivity index (χ0) is 15.2. The van der Waals surface area contributed by atoms with Gasteiger partial charge in [0, 0.05) is 6.42 Å². The van der Waals surface area contributed by atoms with Crippen molar-refractivity contribution in [3.8, 4) is 0 Å². The van der Waals surface area contributed by atoms with Gasteiger partial charge in [0.05, 0.1) is 25.1 Å². The first-order valence-corrected chi connectivity index (χ1v) is 7.54. The standard InChI is InChI=1S/C16H17N3O2S/c22-16(17-10-13-7-4-8-20-13)18-11-14-9-15(19-21-14)12-5-2-1-3-6-12/h1-8,14H,9-11H2,(H2,17,18,22)/t14-/m0/s1. The second kappa shape index (κ2) is 7.09. The van der Waals surface area contributed by atoms with E-state index in [1.54, 1.807) is 6.26 Å². The summed E-state index contributed by atoms with van der Waals surface area (Å²) in [5.41, 5.74) is 2.07. The molecule has 0 fully saturated rings. The van der Waals surface area contributed by atoms with Gasteiger partial charge in [0.15, 0.2) is 5.11 Å². The number of furan rings is 1. The maximum Gasteiger partial charge on any atom is 0.166 e. The van der Waals surface area contributed by atoms with Crippen molar-refractivity contribution in [1.82, 2.24) is 10.6 Å². The van der Waals surface area contributed by atoms with E-state index in [2.05, 4.69) is 15.8 Å². The second-order valence-electron chi connectivity index (χ2n) is 4.98. The molecule has 3 rings (SSSR count). The number of nitrogens with one attached hydrogen (secondary N) is 2. The zero-order valence-corrected chi connectivity index (χ0v) is 12.8. The number of nitrogens with zero attached hydrogens (tertiary/aromatic N) is 1. The summed E-state index contributed by atoms with van der Waals surface area (Å²) in [6.45, 7) is 1.18. The minimum atomic E-state index is -0.00133. The van der Waals surface area contributed by atoms with E-state index in [0.29, 0.717) is 18.2 Å². The van der Waals surface area contributed by atoms with Crippen LogP contribution in [0, 0.1) is 0 Å². The number of oxime groups is 1. The third kappa shape index (κ3) is 3.85. The van der Waals surface area contributed by atoms with Gasteiger partial charge in [0.2, 0.25) is 0 Å². The lowest BCUT2D eigenvalue weighted by Gasteiger charge is -2.12. The summed E-state index contributed by atoms with van der Waals surface area (Å²) in [7, 11) is 0. The summed E-state index contributed by atoms with van der Waals surface area (Å²) in [4.78, 5) is 5.44. The monoisotopic (exact) mass is 315 g/mol. The van der Waals surface area contributed by atoms with E-state index in [1.807, 2.05) is 42.5 Å². The third-order valence-corrected chi connectivity index (χ3v) is 3.62. The first-order valence-electron chi connectivity index (χ1n) is 7.13. The highest BCUT2D eigenvalue weighted by Gasteiger charge is 2.21. The maximum atomic E-state index is 5.44. The van der Waals surface area contributed by atoms with Crippen LogP contribution in [-0.2, 0) is 11.4 Å². The first-order chi connectivity index (χ1) is 10.8. The van der Waals surface area contributed by atoms with Gasteiger partial charge in [-0.15, -0.1) is 0 Å². The predicted molar refractivity (Wildman–Crippen MR) is 88.6 cm³/mol.